The van der Waals surface area contributed by atoms with Gasteiger partial charge in [-0.2, -0.15) is 4.98 Å². The molecule has 0 fully saturated rings. The fourth-order valence-corrected chi connectivity index (χ4v) is 1.42. The smallest absolute Gasteiger partial charge is 0.231 e. The molecule has 4 heteroatoms. The topological polar surface area (TPSA) is 59.2 Å². The van der Waals surface area contributed by atoms with Crippen LogP contribution in [0.3, 0.4) is 0 Å². The van der Waals surface area contributed by atoms with Crippen LogP contribution in [0.2, 0.25) is 0 Å². The van der Waals surface area contributed by atoms with Gasteiger partial charge in [0.2, 0.25) is 5.89 Å². The first-order valence-electron chi connectivity index (χ1n) is 5.25. The van der Waals surface area contributed by atoms with E-state index in [9.17, 15) is 5.11 Å². The van der Waals surface area contributed by atoms with Gasteiger partial charge in [-0.1, -0.05) is 31.1 Å². The molecular formula is C12H14N2O2. The Labute approximate surface area is 93.9 Å². The van der Waals surface area contributed by atoms with Gasteiger partial charge in [0, 0.05) is 5.92 Å². The lowest BCUT2D eigenvalue weighted by molar-refractivity contribution is 0.377. The molecular weight excluding hydrogens is 204 g/mol. The fraction of sp³-hybridized carbons (Fsp3) is 0.333. The normalized spacial score (nSPS) is 10.9. The number of hydrogen-bond donors (Lipinski definition) is 1. The van der Waals surface area contributed by atoms with Gasteiger partial charge in [0.05, 0.1) is 6.42 Å². The highest BCUT2D eigenvalue weighted by atomic mass is 16.5. The molecule has 2 aromatic rings. The Bertz CT molecular complexity index is 477. The van der Waals surface area contributed by atoms with Gasteiger partial charge >= 0.3 is 0 Å². The van der Waals surface area contributed by atoms with Crippen LogP contribution in [0.15, 0.2) is 28.8 Å². The van der Waals surface area contributed by atoms with E-state index in [2.05, 4.69) is 10.1 Å². The summed E-state index contributed by atoms with van der Waals surface area (Å²) in [6.07, 6.45) is 0.550. The maximum Gasteiger partial charge on any atom is 0.231 e. The van der Waals surface area contributed by atoms with Crippen molar-refractivity contribution in [3.63, 3.8) is 0 Å². The maximum atomic E-state index is 9.32. The number of phenols is 1. The molecule has 0 saturated heterocycles. The van der Waals surface area contributed by atoms with Gasteiger partial charge in [-0.15, -0.1) is 0 Å². The van der Waals surface area contributed by atoms with E-state index in [1.807, 2.05) is 19.9 Å². The summed E-state index contributed by atoms with van der Waals surface area (Å²) in [7, 11) is 0. The molecule has 0 bridgehead atoms. The molecule has 0 unspecified atom stereocenters. The summed E-state index contributed by atoms with van der Waals surface area (Å²) in [4.78, 5) is 4.28. The van der Waals surface area contributed by atoms with E-state index in [4.69, 9.17) is 4.52 Å². The minimum Gasteiger partial charge on any atom is -0.508 e. The molecule has 1 aromatic carbocycles. The lowest BCUT2D eigenvalue weighted by Gasteiger charge is -1.97. The van der Waals surface area contributed by atoms with Gasteiger partial charge in [-0.3, -0.25) is 0 Å². The van der Waals surface area contributed by atoms with Crippen molar-refractivity contribution < 1.29 is 9.63 Å². The van der Waals surface area contributed by atoms with Crippen molar-refractivity contribution >= 4 is 0 Å². The molecule has 2 rings (SSSR count). The zero-order valence-electron chi connectivity index (χ0n) is 9.34. The summed E-state index contributed by atoms with van der Waals surface area (Å²) >= 11 is 0. The summed E-state index contributed by atoms with van der Waals surface area (Å²) in [5.41, 5.74) is 0.957. The van der Waals surface area contributed by atoms with Crippen molar-refractivity contribution in [2.24, 2.45) is 0 Å². The number of hydrogen-bond acceptors (Lipinski definition) is 4. The number of phenolic OH excluding ortho intramolecular Hbond substituents is 1. The third-order valence-corrected chi connectivity index (χ3v) is 2.27. The first-order valence-corrected chi connectivity index (χ1v) is 5.25. The van der Waals surface area contributed by atoms with Crippen LogP contribution in [0, 0.1) is 0 Å². The molecule has 0 aliphatic rings. The lowest BCUT2D eigenvalue weighted by Crippen LogP contribution is -1.92. The SMILES string of the molecule is CC(C)c1noc(Cc2cccc(O)c2)n1. The van der Waals surface area contributed by atoms with Crippen LogP contribution in [0.25, 0.3) is 0 Å². The second kappa shape index (κ2) is 4.35. The molecule has 0 amide bonds. The number of nitrogens with zero attached hydrogens (tertiary/aromatic N) is 2. The molecule has 16 heavy (non-hydrogen) atoms. The van der Waals surface area contributed by atoms with Crippen LogP contribution in [-0.2, 0) is 6.42 Å². The standard InChI is InChI=1S/C12H14N2O2/c1-8(2)12-13-11(16-14-12)7-9-4-3-5-10(15)6-9/h3-6,8,15H,7H2,1-2H3. The lowest BCUT2D eigenvalue weighted by atomic mass is 10.1. The van der Waals surface area contributed by atoms with Gasteiger partial charge in [0.25, 0.3) is 0 Å². The zero-order valence-corrected chi connectivity index (χ0v) is 9.34. The Balaban J connectivity index is 2.14. The predicted octanol–water partition coefficient (Wildman–Crippen LogP) is 2.49. The molecule has 4 nitrogen and oxygen atoms in total. The highest BCUT2D eigenvalue weighted by Crippen LogP contribution is 2.16. The van der Waals surface area contributed by atoms with E-state index >= 15 is 0 Å². The van der Waals surface area contributed by atoms with Crippen LogP contribution in [0.1, 0.15) is 37.0 Å². The Morgan fingerprint density at radius 1 is 1.38 bits per heavy atom. The minimum atomic E-state index is 0.251. The number of aromatic nitrogens is 2. The second-order valence-electron chi connectivity index (χ2n) is 4.05. The molecule has 84 valence electrons. The van der Waals surface area contributed by atoms with E-state index < -0.39 is 0 Å². The van der Waals surface area contributed by atoms with Gasteiger partial charge in [0.15, 0.2) is 5.82 Å². The van der Waals surface area contributed by atoms with Crippen molar-refractivity contribution in [2.45, 2.75) is 26.2 Å². The van der Waals surface area contributed by atoms with E-state index in [0.717, 1.165) is 11.4 Å². The van der Waals surface area contributed by atoms with Gasteiger partial charge < -0.3 is 9.63 Å². The van der Waals surface area contributed by atoms with Crippen molar-refractivity contribution in [3.8, 4) is 5.75 Å². The zero-order chi connectivity index (χ0) is 11.5. The van der Waals surface area contributed by atoms with Crippen LogP contribution < -0.4 is 0 Å². The average Bonchev–Trinajstić information content (AvgIpc) is 2.66. The van der Waals surface area contributed by atoms with Crippen LogP contribution >= 0.6 is 0 Å². The Morgan fingerprint density at radius 3 is 2.81 bits per heavy atom. The molecule has 1 heterocycles. The molecule has 0 aliphatic heterocycles. The molecule has 1 N–H and O–H groups in total. The summed E-state index contributed by atoms with van der Waals surface area (Å²) < 4.78 is 5.13. The van der Waals surface area contributed by atoms with E-state index in [1.165, 1.54) is 0 Å². The van der Waals surface area contributed by atoms with E-state index in [0.29, 0.717) is 12.3 Å². The van der Waals surface area contributed by atoms with Crippen molar-refractivity contribution in [1.82, 2.24) is 10.1 Å². The predicted molar refractivity (Wildman–Crippen MR) is 59.3 cm³/mol. The monoisotopic (exact) mass is 218 g/mol. The van der Waals surface area contributed by atoms with Gasteiger partial charge in [-0.05, 0) is 17.7 Å². The summed E-state index contributed by atoms with van der Waals surface area (Å²) in [5.74, 6) is 1.81. The second-order valence-corrected chi connectivity index (χ2v) is 4.05. The van der Waals surface area contributed by atoms with Crippen LogP contribution in [0.4, 0.5) is 0 Å². The Hall–Kier alpha value is -1.84. The van der Waals surface area contributed by atoms with Crippen LogP contribution in [0.5, 0.6) is 5.75 Å². The van der Waals surface area contributed by atoms with E-state index in [1.54, 1.807) is 18.2 Å². The number of aromatic hydroxyl groups is 1. The number of benzene rings is 1. The first kappa shape index (κ1) is 10.7. The quantitative estimate of drug-likeness (QED) is 0.859. The fourth-order valence-electron chi connectivity index (χ4n) is 1.42. The van der Waals surface area contributed by atoms with Gasteiger partial charge in [-0.25, -0.2) is 0 Å². The Morgan fingerprint density at radius 2 is 2.19 bits per heavy atom. The van der Waals surface area contributed by atoms with Crippen molar-refractivity contribution in [1.29, 1.82) is 0 Å². The molecule has 0 aliphatic carbocycles. The largest absolute Gasteiger partial charge is 0.508 e. The first-order chi connectivity index (χ1) is 7.65. The number of rotatable bonds is 3. The van der Waals surface area contributed by atoms with Crippen molar-refractivity contribution in [3.05, 3.63) is 41.5 Å². The Kier molecular flexibility index (Phi) is 2.90. The van der Waals surface area contributed by atoms with Gasteiger partial charge in [0.1, 0.15) is 5.75 Å². The maximum absolute atomic E-state index is 9.32. The molecule has 0 atom stereocenters. The van der Waals surface area contributed by atoms with Crippen molar-refractivity contribution in [2.75, 3.05) is 0 Å². The average molecular weight is 218 g/mol. The molecule has 0 spiro atoms. The third kappa shape index (κ3) is 2.39. The molecule has 1 aromatic heterocycles. The summed E-state index contributed by atoms with van der Waals surface area (Å²) in [5, 5.41) is 13.2. The molecule has 0 radical (unpaired) electrons. The molecule has 0 saturated carbocycles. The summed E-state index contributed by atoms with van der Waals surface area (Å²) in [6, 6.07) is 7.04. The highest BCUT2D eigenvalue weighted by Gasteiger charge is 2.10. The third-order valence-electron chi connectivity index (χ3n) is 2.27. The van der Waals surface area contributed by atoms with E-state index in [-0.39, 0.29) is 11.7 Å². The van der Waals surface area contributed by atoms with Crippen LogP contribution in [-0.4, -0.2) is 15.2 Å². The summed E-state index contributed by atoms with van der Waals surface area (Å²) in [6.45, 7) is 4.03. The highest BCUT2D eigenvalue weighted by molar-refractivity contribution is 5.28. The minimum absolute atomic E-state index is 0.251.